The van der Waals surface area contributed by atoms with Crippen LogP contribution in [-0.2, 0) is 10.5 Å². The summed E-state index contributed by atoms with van der Waals surface area (Å²) in [6, 6.07) is 9.41. The largest absolute Gasteiger partial charge is 0.465 e. The number of halogens is 1. The number of methoxy groups -OCH3 is 1. The van der Waals surface area contributed by atoms with Gasteiger partial charge in [0, 0.05) is 22.5 Å². The normalized spacial score (nSPS) is 13.7. The molecule has 0 saturated heterocycles. The number of carbonyl (C=O) groups excluding carboxylic acids is 1. The second-order valence-corrected chi connectivity index (χ2v) is 8.10. The minimum Gasteiger partial charge on any atom is -0.465 e. The van der Waals surface area contributed by atoms with Gasteiger partial charge < -0.3 is 9.30 Å². The number of ether oxygens (including phenoxy) is 1. The van der Waals surface area contributed by atoms with E-state index in [1.165, 1.54) is 18.9 Å². The topological polar surface area (TPSA) is 74.1 Å². The van der Waals surface area contributed by atoms with Gasteiger partial charge in [-0.1, -0.05) is 35.5 Å². The summed E-state index contributed by atoms with van der Waals surface area (Å²) in [5, 5.41) is 1.49. The van der Waals surface area contributed by atoms with E-state index in [1.54, 1.807) is 13.0 Å². The minimum atomic E-state index is -0.559. The highest BCUT2D eigenvalue weighted by molar-refractivity contribution is 7.98. The average Bonchev–Trinajstić information content (AvgIpc) is 3.49. The number of thioether (sulfide) groups is 1. The number of carbonyl (C=O) groups is 1. The van der Waals surface area contributed by atoms with Gasteiger partial charge in [0.2, 0.25) is 0 Å². The molecule has 144 valence electrons. The van der Waals surface area contributed by atoms with Gasteiger partial charge in [0.25, 0.3) is 5.56 Å². The number of esters is 1. The molecule has 6 nitrogen and oxygen atoms in total. The smallest absolute Gasteiger partial charge is 0.338 e. The van der Waals surface area contributed by atoms with E-state index in [2.05, 4.69) is 9.97 Å². The summed E-state index contributed by atoms with van der Waals surface area (Å²) in [6.07, 6.45) is 1.99. The summed E-state index contributed by atoms with van der Waals surface area (Å²) >= 11 is 7.54. The Balaban J connectivity index is 1.85. The van der Waals surface area contributed by atoms with Crippen LogP contribution in [0.3, 0.4) is 0 Å². The Kier molecular flexibility index (Phi) is 5.12. The van der Waals surface area contributed by atoms with Gasteiger partial charge >= 0.3 is 5.97 Å². The minimum absolute atomic E-state index is 0.211. The Morgan fingerprint density at radius 1 is 1.32 bits per heavy atom. The monoisotopic (exact) mass is 415 g/mol. The highest BCUT2D eigenvalue weighted by atomic mass is 35.5. The zero-order chi connectivity index (χ0) is 19.8. The third-order valence-corrected chi connectivity index (χ3v) is 5.81. The van der Waals surface area contributed by atoms with Crippen LogP contribution in [0.25, 0.3) is 11.0 Å². The van der Waals surface area contributed by atoms with Crippen molar-refractivity contribution in [1.82, 2.24) is 14.5 Å². The molecule has 0 aliphatic heterocycles. The van der Waals surface area contributed by atoms with Crippen LogP contribution in [0, 0.1) is 6.92 Å². The van der Waals surface area contributed by atoms with Crippen molar-refractivity contribution in [1.29, 1.82) is 0 Å². The third-order valence-electron chi connectivity index (χ3n) is 4.55. The summed E-state index contributed by atoms with van der Waals surface area (Å²) in [7, 11) is 1.30. The van der Waals surface area contributed by atoms with Crippen LogP contribution >= 0.6 is 23.4 Å². The fourth-order valence-corrected chi connectivity index (χ4v) is 4.35. The first-order valence-corrected chi connectivity index (χ1v) is 10.2. The van der Waals surface area contributed by atoms with Crippen molar-refractivity contribution in [3.63, 3.8) is 0 Å². The molecule has 1 saturated carbocycles. The molecule has 1 aromatic carbocycles. The highest BCUT2D eigenvalue weighted by Crippen LogP contribution is 2.40. The van der Waals surface area contributed by atoms with E-state index in [0.29, 0.717) is 27.3 Å². The van der Waals surface area contributed by atoms with Gasteiger partial charge in [-0.05, 0) is 43.5 Å². The van der Waals surface area contributed by atoms with Crippen LogP contribution in [0.1, 0.15) is 40.5 Å². The van der Waals surface area contributed by atoms with E-state index >= 15 is 0 Å². The predicted molar refractivity (Wildman–Crippen MR) is 109 cm³/mol. The molecule has 0 unspecified atom stereocenters. The van der Waals surface area contributed by atoms with Crippen LogP contribution in [0.5, 0.6) is 0 Å². The van der Waals surface area contributed by atoms with E-state index in [0.717, 1.165) is 18.4 Å². The molecule has 0 amide bonds. The molecule has 0 spiro atoms. The van der Waals surface area contributed by atoms with Crippen molar-refractivity contribution in [3.8, 4) is 0 Å². The first kappa shape index (κ1) is 19.0. The van der Waals surface area contributed by atoms with Gasteiger partial charge in [0.15, 0.2) is 5.16 Å². The summed E-state index contributed by atoms with van der Waals surface area (Å²) in [4.78, 5) is 33.9. The third kappa shape index (κ3) is 3.64. The molecule has 1 aliphatic carbocycles. The van der Waals surface area contributed by atoms with Gasteiger partial charge in [-0.3, -0.25) is 4.79 Å². The van der Waals surface area contributed by atoms with Crippen LogP contribution < -0.4 is 5.56 Å². The average molecular weight is 416 g/mol. The molecule has 1 aliphatic rings. The van der Waals surface area contributed by atoms with E-state index < -0.39 is 11.5 Å². The maximum Gasteiger partial charge on any atom is 0.338 e. The van der Waals surface area contributed by atoms with Crippen molar-refractivity contribution in [2.45, 2.75) is 36.7 Å². The summed E-state index contributed by atoms with van der Waals surface area (Å²) in [5.41, 5.74) is 1.94. The van der Waals surface area contributed by atoms with E-state index in [1.807, 2.05) is 28.8 Å². The first-order chi connectivity index (χ1) is 13.5. The second-order valence-electron chi connectivity index (χ2n) is 6.72. The Morgan fingerprint density at radius 3 is 2.79 bits per heavy atom. The maximum atomic E-state index is 12.8. The lowest BCUT2D eigenvalue weighted by Crippen LogP contribution is -2.20. The number of aryl methyl sites for hydroxylation is 1. The van der Waals surface area contributed by atoms with Crippen molar-refractivity contribution < 1.29 is 9.53 Å². The molecule has 8 heteroatoms. The maximum absolute atomic E-state index is 12.8. The number of hydrogen-bond donors (Lipinski definition) is 0. The fraction of sp³-hybridized carbons (Fsp3) is 0.300. The molecular formula is C20H18ClN3O3S. The molecule has 1 fully saturated rings. The lowest BCUT2D eigenvalue weighted by molar-refractivity contribution is 0.0602. The number of pyridine rings is 1. The summed E-state index contributed by atoms with van der Waals surface area (Å²) < 4.78 is 6.85. The Bertz CT molecular complexity index is 1140. The van der Waals surface area contributed by atoms with Crippen LogP contribution in [0.2, 0.25) is 5.02 Å². The quantitative estimate of drug-likeness (QED) is 0.354. The predicted octanol–water partition coefficient (Wildman–Crippen LogP) is 4.17. The second kappa shape index (κ2) is 7.56. The molecule has 0 bridgehead atoms. The van der Waals surface area contributed by atoms with Gasteiger partial charge in [0.1, 0.15) is 5.65 Å². The zero-order valence-corrected chi connectivity index (χ0v) is 17.0. The lowest BCUT2D eigenvalue weighted by Gasteiger charge is -2.16. The molecule has 28 heavy (non-hydrogen) atoms. The molecule has 2 aromatic heterocycles. The summed E-state index contributed by atoms with van der Waals surface area (Å²) in [6.45, 7) is 1.80. The fourth-order valence-electron chi connectivity index (χ4n) is 3.14. The lowest BCUT2D eigenvalue weighted by atomic mass is 10.1. The first-order valence-electron chi connectivity index (χ1n) is 8.87. The van der Waals surface area contributed by atoms with E-state index in [9.17, 15) is 9.59 Å². The molecule has 3 aromatic rings. The number of benzene rings is 1. The van der Waals surface area contributed by atoms with Gasteiger partial charge in [-0.25, -0.2) is 9.78 Å². The molecule has 2 heterocycles. The van der Waals surface area contributed by atoms with Crippen LogP contribution in [0.4, 0.5) is 0 Å². The zero-order valence-electron chi connectivity index (χ0n) is 15.4. The number of nitrogens with zero attached hydrogens (tertiary/aromatic N) is 3. The molecular weight excluding hydrogens is 398 g/mol. The molecule has 0 radical (unpaired) electrons. The number of aromatic nitrogens is 3. The van der Waals surface area contributed by atoms with E-state index in [4.69, 9.17) is 16.3 Å². The molecule has 4 rings (SSSR count). The molecule has 0 atom stereocenters. The number of rotatable bonds is 5. The van der Waals surface area contributed by atoms with Crippen molar-refractivity contribution >= 4 is 40.4 Å². The highest BCUT2D eigenvalue weighted by Gasteiger charge is 2.30. The Labute approximate surface area is 170 Å². The SMILES string of the molecule is COC(=O)c1cc(C)nc2c1c(=O)nc(SCc1cccc(Cl)c1)n2C1CC1. The number of fused-ring (bicyclic) bond motifs is 1. The van der Waals surface area contributed by atoms with Gasteiger partial charge in [-0.15, -0.1) is 0 Å². The summed E-state index contributed by atoms with van der Waals surface area (Å²) in [5.74, 6) is 0.0667. The molecule has 0 N–H and O–H groups in total. The van der Waals surface area contributed by atoms with Gasteiger partial charge in [-0.2, -0.15) is 4.98 Å². The van der Waals surface area contributed by atoms with Crippen molar-refractivity contribution in [2.75, 3.05) is 7.11 Å². The standard InChI is InChI=1S/C20H18ClN3O3S/c1-11-8-15(19(26)27-2)16-17(22-11)24(14-6-7-14)20(23-18(16)25)28-10-12-4-3-5-13(21)9-12/h3-5,8-9,14H,6-7,10H2,1-2H3. The Hall–Kier alpha value is -2.38. The van der Waals surface area contributed by atoms with Crippen LogP contribution in [-0.4, -0.2) is 27.6 Å². The van der Waals surface area contributed by atoms with Gasteiger partial charge in [0.05, 0.1) is 18.1 Å². The van der Waals surface area contributed by atoms with E-state index in [-0.39, 0.29) is 17.0 Å². The van der Waals surface area contributed by atoms with Crippen LogP contribution in [0.15, 0.2) is 40.3 Å². The Morgan fingerprint density at radius 2 is 2.11 bits per heavy atom. The van der Waals surface area contributed by atoms with Crippen molar-refractivity contribution in [3.05, 3.63) is 62.5 Å². The number of hydrogen-bond acceptors (Lipinski definition) is 6. The van der Waals surface area contributed by atoms with Crippen molar-refractivity contribution in [2.24, 2.45) is 0 Å².